The Morgan fingerprint density at radius 3 is 2.80 bits per heavy atom. The molecule has 6 heteroatoms. The quantitative estimate of drug-likeness (QED) is 0.613. The fourth-order valence-electron chi connectivity index (χ4n) is 3.74. The Bertz CT molecular complexity index is 1010. The molecule has 156 valence electrons. The van der Waals surface area contributed by atoms with E-state index in [0.29, 0.717) is 12.3 Å². The average molecular weight is 408 g/mol. The highest BCUT2D eigenvalue weighted by atomic mass is 19.1. The summed E-state index contributed by atoms with van der Waals surface area (Å²) >= 11 is 0. The van der Waals surface area contributed by atoms with Crippen LogP contribution < -0.4 is 14.4 Å². The third-order valence-electron chi connectivity index (χ3n) is 5.29. The minimum Gasteiger partial charge on any atom is -0.470 e. The van der Waals surface area contributed by atoms with E-state index < -0.39 is 5.82 Å². The van der Waals surface area contributed by atoms with Crippen LogP contribution >= 0.6 is 0 Å². The molecule has 2 heterocycles. The van der Waals surface area contributed by atoms with Crippen LogP contribution in [0, 0.1) is 5.82 Å². The van der Waals surface area contributed by atoms with Crippen LogP contribution in [-0.4, -0.2) is 29.3 Å². The minimum atomic E-state index is -0.458. The van der Waals surface area contributed by atoms with E-state index in [1.807, 2.05) is 42.5 Å². The SMILES string of the molecule is CCc1ccccc1Oc1ccc(N2CCC(Oc3ncccc3F)C2)c(CO)c1. The molecule has 1 saturated heterocycles. The number of rotatable bonds is 7. The molecule has 2 aromatic carbocycles. The fourth-order valence-corrected chi connectivity index (χ4v) is 3.74. The zero-order chi connectivity index (χ0) is 20.9. The van der Waals surface area contributed by atoms with Crippen LogP contribution in [0.2, 0.25) is 0 Å². The lowest BCUT2D eigenvalue weighted by Gasteiger charge is -2.22. The maximum absolute atomic E-state index is 13.8. The Kier molecular flexibility index (Phi) is 6.14. The first-order chi connectivity index (χ1) is 14.7. The lowest BCUT2D eigenvalue weighted by atomic mass is 10.1. The monoisotopic (exact) mass is 408 g/mol. The van der Waals surface area contributed by atoms with Crippen LogP contribution in [-0.2, 0) is 13.0 Å². The second-order valence-electron chi connectivity index (χ2n) is 7.28. The summed E-state index contributed by atoms with van der Waals surface area (Å²) in [6.07, 6.45) is 2.99. The normalized spacial score (nSPS) is 16.0. The molecule has 1 fully saturated rings. The molecule has 0 saturated carbocycles. The number of aliphatic hydroxyl groups is 1. The van der Waals surface area contributed by atoms with E-state index in [-0.39, 0.29) is 18.6 Å². The van der Waals surface area contributed by atoms with Crippen molar-refractivity contribution in [3.8, 4) is 17.4 Å². The predicted molar refractivity (Wildman–Crippen MR) is 114 cm³/mol. The van der Waals surface area contributed by atoms with Crippen molar-refractivity contribution < 1.29 is 19.0 Å². The van der Waals surface area contributed by atoms with Crippen LogP contribution in [0.15, 0.2) is 60.8 Å². The molecule has 3 aromatic rings. The highest BCUT2D eigenvalue weighted by Gasteiger charge is 2.27. The van der Waals surface area contributed by atoms with Crippen molar-refractivity contribution in [3.63, 3.8) is 0 Å². The van der Waals surface area contributed by atoms with Gasteiger partial charge in [-0.2, -0.15) is 0 Å². The number of hydrogen-bond acceptors (Lipinski definition) is 5. The molecule has 1 atom stereocenters. The van der Waals surface area contributed by atoms with Crippen LogP contribution in [0.4, 0.5) is 10.1 Å². The van der Waals surface area contributed by atoms with E-state index in [9.17, 15) is 9.50 Å². The first-order valence-corrected chi connectivity index (χ1v) is 10.2. The Balaban J connectivity index is 1.47. The van der Waals surface area contributed by atoms with E-state index in [2.05, 4.69) is 16.8 Å². The molecule has 0 radical (unpaired) electrons. The highest BCUT2D eigenvalue weighted by molar-refractivity contribution is 5.57. The Morgan fingerprint density at radius 1 is 1.13 bits per heavy atom. The van der Waals surface area contributed by atoms with Crippen molar-refractivity contribution in [1.82, 2.24) is 4.98 Å². The number of aromatic nitrogens is 1. The number of ether oxygens (including phenoxy) is 2. The number of nitrogens with zero attached hydrogens (tertiary/aromatic N) is 2. The van der Waals surface area contributed by atoms with E-state index >= 15 is 0 Å². The van der Waals surface area contributed by atoms with Gasteiger partial charge in [0.1, 0.15) is 17.6 Å². The van der Waals surface area contributed by atoms with Crippen molar-refractivity contribution >= 4 is 5.69 Å². The van der Waals surface area contributed by atoms with Gasteiger partial charge in [0.15, 0.2) is 5.82 Å². The van der Waals surface area contributed by atoms with Crippen molar-refractivity contribution in [2.45, 2.75) is 32.5 Å². The van der Waals surface area contributed by atoms with Gasteiger partial charge in [0.05, 0.1) is 13.2 Å². The third kappa shape index (κ3) is 4.39. The highest BCUT2D eigenvalue weighted by Crippen LogP contribution is 2.32. The lowest BCUT2D eigenvalue weighted by molar-refractivity contribution is 0.205. The van der Waals surface area contributed by atoms with Crippen molar-refractivity contribution in [2.24, 2.45) is 0 Å². The second-order valence-corrected chi connectivity index (χ2v) is 7.28. The number of aryl methyl sites for hydroxylation is 1. The molecule has 0 bridgehead atoms. The first-order valence-electron chi connectivity index (χ1n) is 10.2. The smallest absolute Gasteiger partial charge is 0.250 e. The van der Waals surface area contributed by atoms with Gasteiger partial charge in [0.25, 0.3) is 5.88 Å². The van der Waals surface area contributed by atoms with Gasteiger partial charge in [-0.1, -0.05) is 25.1 Å². The van der Waals surface area contributed by atoms with Gasteiger partial charge in [0.2, 0.25) is 0 Å². The Morgan fingerprint density at radius 2 is 2.00 bits per heavy atom. The minimum absolute atomic E-state index is 0.0325. The molecule has 1 aromatic heterocycles. The molecule has 5 nitrogen and oxygen atoms in total. The standard InChI is InChI=1S/C24H25FN2O3/c1-2-17-6-3-4-8-23(17)29-19-9-10-22(18(14-19)16-28)27-13-11-20(15-27)30-24-21(25)7-5-12-26-24/h3-10,12,14,20,28H,2,11,13,15-16H2,1H3. The summed E-state index contributed by atoms with van der Waals surface area (Å²) in [5, 5.41) is 9.93. The molecular formula is C24H25FN2O3. The molecule has 1 N–H and O–H groups in total. The van der Waals surface area contributed by atoms with Crippen LogP contribution in [0.25, 0.3) is 0 Å². The van der Waals surface area contributed by atoms with Gasteiger partial charge < -0.3 is 19.5 Å². The summed E-state index contributed by atoms with van der Waals surface area (Å²) in [6.45, 7) is 3.35. The zero-order valence-electron chi connectivity index (χ0n) is 16.9. The Hall–Kier alpha value is -3.12. The maximum Gasteiger partial charge on any atom is 0.250 e. The number of aliphatic hydroxyl groups excluding tert-OH is 1. The zero-order valence-corrected chi connectivity index (χ0v) is 16.9. The molecule has 1 aliphatic rings. The van der Waals surface area contributed by atoms with Crippen LogP contribution in [0.5, 0.6) is 17.4 Å². The largest absolute Gasteiger partial charge is 0.470 e. The van der Waals surface area contributed by atoms with E-state index in [1.54, 1.807) is 6.07 Å². The summed E-state index contributed by atoms with van der Waals surface area (Å²) in [5.41, 5.74) is 2.85. The summed E-state index contributed by atoms with van der Waals surface area (Å²) < 4.78 is 25.6. The number of benzene rings is 2. The number of para-hydroxylation sites is 1. The summed E-state index contributed by atoms with van der Waals surface area (Å²) in [4.78, 5) is 6.11. The molecule has 30 heavy (non-hydrogen) atoms. The topological polar surface area (TPSA) is 54.8 Å². The van der Waals surface area contributed by atoms with E-state index in [0.717, 1.165) is 42.0 Å². The predicted octanol–water partition coefficient (Wildman–Crippen LogP) is 4.73. The molecule has 1 unspecified atom stereocenters. The molecular weight excluding hydrogens is 383 g/mol. The molecule has 0 amide bonds. The van der Waals surface area contributed by atoms with Crippen molar-refractivity contribution in [2.75, 3.05) is 18.0 Å². The molecule has 4 rings (SSSR count). The van der Waals surface area contributed by atoms with Crippen LogP contribution in [0.1, 0.15) is 24.5 Å². The summed E-state index contributed by atoms with van der Waals surface area (Å²) in [6, 6.07) is 16.6. The number of pyridine rings is 1. The van der Waals surface area contributed by atoms with E-state index in [1.165, 1.54) is 12.3 Å². The summed E-state index contributed by atoms with van der Waals surface area (Å²) in [5.74, 6) is 1.08. The maximum atomic E-state index is 13.8. The van der Waals surface area contributed by atoms with E-state index in [4.69, 9.17) is 9.47 Å². The van der Waals surface area contributed by atoms with Gasteiger partial charge >= 0.3 is 0 Å². The number of hydrogen-bond donors (Lipinski definition) is 1. The molecule has 0 aliphatic carbocycles. The van der Waals surface area contributed by atoms with Crippen molar-refractivity contribution in [1.29, 1.82) is 0 Å². The molecule has 1 aliphatic heterocycles. The lowest BCUT2D eigenvalue weighted by Crippen LogP contribution is -2.25. The van der Waals surface area contributed by atoms with Gasteiger partial charge in [-0.25, -0.2) is 9.37 Å². The van der Waals surface area contributed by atoms with Gasteiger partial charge in [0, 0.05) is 30.4 Å². The number of anilines is 1. The van der Waals surface area contributed by atoms with Gasteiger partial charge in [-0.15, -0.1) is 0 Å². The van der Waals surface area contributed by atoms with Crippen LogP contribution in [0.3, 0.4) is 0 Å². The molecule has 0 spiro atoms. The van der Waals surface area contributed by atoms with Gasteiger partial charge in [-0.05, 0) is 48.4 Å². The first kappa shape index (κ1) is 20.2. The fraction of sp³-hybridized carbons (Fsp3) is 0.292. The third-order valence-corrected chi connectivity index (χ3v) is 5.29. The van der Waals surface area contributed by atoms with Crippen molar-refractivity contribution in [3.05, 3.63) is 77.7 Å². The number of halogens is 1. The Labute approximate surface area is 175 Å². The second kappa shape index (κ2) is 9.13. The average Bonchev–Trinajstić information content (AvgIpc) is 3.24. The van der Waals surface area contributed by atoms with Gasteiger partial charge in [-0.3, -0.25) is 0 Å². The summed E-state index contributed by atoms with van der Waals surface area (Å²) in [7, 11) is 0.